The van der Waals surface area contributed by atoms with E-state index in [1.165, 1.54) is 0 Å². The summed E-state index contributed by atoms with van der Waals surface area (Å²) >= 11 is 0. The SMILES string of the molecule is CCCNC(C)(CO)CCCOC. The third-order valence-corrected chi connectivity index (χ3v) is 2.23. The minimum atomic E-state index is -0.130. The Morgan fingerprint density at radius 1 is 1.46 bits per heavy atom. The number of methoxy groups -OCH3 is 1. The first kappa shape index (κ1) is 12.9. The molecule has 3 heteroatoms. The quantitative estimate of drug-likeness (QED) is 0.563. The first-order valence-electron chi connectivity index (χ1n) is 5.03. The summed E-state index contributed by atoms with van der Waals surface area (Å²) in [5.74, 6) is 0. The first-order valence-corrected chi connectivity index (χ1v) is 5.03. The number of ether oxygens (including phenoxy) is 1. The number of rotatable bonds is 8. The van der Waals surface area contributed by atoms with Gasteiger partial charge in [0.2, 0.25) is 0 Å². The van der Waals surface area contributed by atoms with Crippen LogP contribution in [0.25, 0.3) is 0 Å². The molecule has 80 valence electrons. The van der Waals surface area contributed by atoms with Gasteiger partial charge in [-0.1, -0.05) is 6.92 Å². The minimum Gasteiger partial charge on any atom is -0.394 e. The van der Waals surface area contributed by atoms with Crippen molar-refractivity contribution >= 4 is 0 Å². The molecular formula is C10H23NO2. The molecule has 0 fully saturated rings. The van der Waals surface area contributed by atoms with E-state index >= 15 is 0 Å². The predicted octanol–water partition coefficient (Wildman–Crippen LogP) is 1.16. The molecule has 0 spiro atoms. The van der Waals surface area contributed by atoms with Crippen LogP contribution in [0.1, 0.15) is 33.1 Å². The lowest BCUT2D eigenvalue weighted by atomic mass is 9.97. The highest BCUT2D eigenvalue weighted by Gasteiger charge is 2.20. The topological polar surface area (TPSA) is 41.5 Å². The van der Waals surface area contributed by atoms with E-state index in [1.807, 2.05) is 0 Å². The lowest BCUT2D eigenvalue weighted by molar-refractivity contribution is 0.140. The lowest BCUT2D eigenvalue weighted by Crippen LogP contribution is -2.46. The summed E-state index contributed by atoms with van der Waals surface area (Å²) in [6, 6.07) is 0. The van der Waals surface area contributed by atoms with E-state index in [1.54, 1.807) is 7.11 Å². The summed E-state index contributed by atoms with van der Waals surface area (Å²) in [5, 5.41) is 12.6. The van der Waals surface area contributed by atoms with Crippen molar-refractivity contribution in [1.82, 2.24) is 5.32 Å². The van der Waals surface area contributed by atoms with Crippen molar-refractivity contribution in [3.8, 4) is 0 Å². The standard InChI is InChI=1S/C10H23NO2/c1-4-7-11-10(2,9-12)6-5-8-13-3/h11-12H,4-9H2,1-3H3. The molecule has 1 atom stereocenters. The maximum absolute atomic E-state index is 9.21. The van der Waals surface area contributed by atoms with Crippen LogP contribution in [-0.4, -0.2) is 37.5 Å². The van der Waals surface area contributed by atoms with Crippen LogP contribution in [-0.2, 0) is 4.74 Å². The molecule has 0 rings (SSSR count). The third-order valence-electron chi connectivity index (χ3n) is 2.23. The zero-order valence-corrected chi connectivity index (χ0v) is 9.10. The Kier molecular flexibility index (Phi) is 7.23. The van der Waals surface area contributed by atoms with Crippen LogP contribution in [0.15, 0.2) is 0 Å². The van der Waals surface area contributed by atoms with E-state index in [2.05, 4.69) is 19.2 Å². The summed E-state index contributed by atoms with van der Waals surface area (Å²) in [6.07, 6.45) is 3.04. The molecule has 0 heterocycles. The Hall–Kier alpha value is -0.120. The van der Waals surface area contributed by atoms with Crippen LogP contribution in [0.5, 0.6) is 0 Å². The van der Waals surface area contributed by atoms with Crippen molar-refractivity contribution in [2.75, 3.05) is 26.9 Å². The van der Waals surface area contributed by atoms with Crippen molar-refractivity contribution in [1.29, 1.82) is 0 Å². The van der Waals surface area contributed by atoms with Gasteiger partial charge in [0.15, 0.2) is 0 Å². The summed E-state index contributed by atoms with van der Waals surface area (Å²) < 4.78 is 4.98. The van der Waals surface area contributed by atoms with Gasteiger partial charge in [-0.3, -0.25) is 0 Å². The highest BCUT2D eigenvalue weighted by molar-refractivity contribution is 4.81. The lowest BCUT2D eigenvalue weighted by Gasteiger charge is -2.28. The third kappa shape index (κ3) is 6.02. The number of hydrogen-bond donors (Lipinski definition) is 2. The number of aliphatic hydroxyl groups is 1. The summed E-state index contributed by atoms with van der Waals surface area (Å²) in [6.45, 7) is 6.10. The van der Waals surface area contributed by atoms with Crippen LogP contribution in [0.3, 0.4) is 0 Å². The number of aliphatic hydroxyl groups excluding tert-OH is 1. The molecule has 0 aliphatic rings. The predicted molar refractivity (Wildman–Crippen MR) is 54.9 cm³/mol. The Morgan fingerprint density at radius 2 is 2.15 bits per heavy atom. The Balaban J connectivity index is 3.67. The number of nitrogens with one attached hydrogen (secondary N) is 1. The fraction of sp³-hybridized carbons (Fsp3) is 1.00. The van der Waals surface area contributed by atoms with Gasteiger partial charge in [0.25, 0.3) is 0 Å². The van der Waals surface area contributed by atoms with Gasteiger partial charge in [-0.2, -0.15) is 0 Å². The van der Waals surface area contributed by atoms with E-state index in [0.717, 1.165) is 32.4 Å². The molecule has 0 saturated heterocycles. The van der Waals surface area contributed by atoms with Crippen LogP contribution < -0.4 is 5.32 Å². The van der Waals surface area contributed by atoms with Crippen molar-refractivity contribution in [2.45, 2.75) is 38.6 Å². The van der Waals surface area contributed by atoms with E-state index in [9.17, 15) is 5.11 Å². The van der Waals surface area contributed by atoms with Crippen LogP contribution in [0.4, 0.5) is 0 Å². The highest BCUT2D eigenvalue weighted by atomic mass is 16.5. The van der Waals surface area contributed by atoms with Crippen molar-refractivity contribution in [2.24, 2.45) is 0 Å². The molecule has 0 aliphatic heterocycles. The van der Waals surface area contributed by atoms with E-state index in [-0.39, 0.29) is 12.1 Å². The molecule has 13 heavy (non-hydrogen) atoms. The Morgan fingerprint density at radius 3 is 2.62 bits per heavy atom. The van der Waals surface area contributed by atoms with Gasteiger partial charge in [0, 0.05) is 19.3 Å². The molecule has 0 aliphatic carbocycles. The van der Waals surface area contributed by atoms with Gasteiger partial charge in [-0.05, 0) is 32.7 Å². The zero-order valence-electron chi connectivity index (χ0n) is 9.10. The molecule has 0 bridgehead atoms. The number of hydrogen-bond acceptors (Lipinski definition) is 3. The van der Waals surface area contributed by atoms with Gasteiger partial charge in [-0.15, -0.1) is 0 Å². The van der Waals surface area contributed by atoms with E-state index < -0.39 is 0 Å². The second-order valence-corrected chi connectivity index (χ2v) is 3.74. The fourth-order valence-electron chi connectivity index (χ4n) is 1.26. The fourth-order valence-corrected chi connectivity index (χ4v) is 1.26. The van der Waals surface area contributed by atoms with Gasteiger partial charge in [-0.25, -0.2) is 0 Å². The highest BCUT2D eigenvalue weighted by Crippen LogP contribution is 2.11. The molecule has 0 saturated carbocycles. The second-order valence-electron chi connectivity index (χ2n) is 3.74. The minimum absolute atomic E-state index is 0.130. The largest absolute Gasteiger partial charge is 0.394 e. The van der Waals surface area contributed by atoms with Crippen molar-refractivity contribution < 1.29 is 9.84 Å². The van der Waals surface area contributed by atoms with Gasteiger partial charge in [0.1, 0.15) is 0 Å². The Labute approximate surface area is 81.5 Å². The molecule has 0 aromatic heterocycles. The molecular weight excluding hydrogens is 166 g/mol. The second kappa shape index (κ2) is 7.30. The summed E-state index contributed by atoms with van der Waals surface area (Å²) in [5.41, 5.74) is -0.130. The summed E-state index contributed by atoms with van der Waals surface area (Å²) in [4.78, 5) is 0. The Bertz CT molecular complexity index is 119. The molecule has 3 nitrogen and oxygen atoms in total. The van der Waals surface area contributed by atoms with E-state index in [0.29, 0.717) is 0 Å². The molecule has 0 radical (unpaired) electrons. The first-order chi connectivity index (χ1) is 6.18. The van der Waals surface area contributed by atoms with Gasteiger partial charge >= 0.3 is 0 Å². The average molecular weight is 189 g/mol. The van der Waals surface area contributed by atoms with Crippen LogP contribution in [0.2, 0.25) is 0 Å². The molecule has 0 amide bonds. The molecule has 2 N–H and O–H groups in total. The van der Waals surface area contributed by atoms with Crippen molar-refractivity contribution in [3.63, 3.8) is 0 Å². The van der Waals surface area contributed by atoms with E-state index in [4.69, 9.17) is 4.74 Å². The maximum Gasteiger partial charge on any atom is 0.0610 e. The zero-order chi connectivity index (χ0) is 10.2. The molecule has 1 unspecified atom stereocenters. The van der Waals surface area contributed by atoms with Gasteiger partial charge < -0.3 is 15.2 Å². The van der Waals surface area contributed by atoms with Crippen LogP contribution >= 0.6 is 0 Å². The smallest absolute Gasteiger partial charge is 0.0610 e. The molecule has 0 aromatic rings. The van der Waals surface area contributed by atoms with Gasteiger partial charge in [0.05, 0.1) is 6.61 Å². The van der Waals surface area contributed by atoms with Crippen molar-refractivity contribution in [3.05, 3.63) is 0 Å². The summed E-state index contributed by atoms with van der Waals surface area (Å²) in [7, 11) is 1.70. The van der Waals surface area contributed by atoms with Crippen LogP contribution in [0, 0.1) is 0 Å². The average Bonchev–Trinajstić information content (AvgIpc) is 2.15. The monoisotopic (exact) mass is 189 g/mol. The maximum atomic E-state index is 9.21. The molecule has 0 aromatic carbocycles. The normalized spacial score (nSPS) is 15.7.